The van der Waals surface area contributed by atoms with Gasteiger partial charge in [0.15, 0.2) is 0 Å². The Hall–Kier alpha value is -0.120. The van der Waals surface area contributed by atoms with Gasteiger partial charge in [-0.15, -0.1) is 0 Å². The fourth-order valence-electron chi connectivity index (χ4n) is 1.33. The summed E-state index contributed by atoms with van der Waals surface area (Å²) in [5, 5.41) is 5.38. The maximum atomic E-state index is 3.35. The van der Waals surface area contributed by atoms with Crippen LogP contribution in [0.4, 0.5) is 0 Å². The number of piperidine rings is 1. The number of nitrogens with zero attached hydrogens (tertiary/aromatic N) is 1. The Morgan fingerprint density at radius 3 is 2.80 bits per heavy atom. The van der Waals surface area contributed by atoms with Crippen LogP contribution in [0.3, 0.4) is 0 Å². The van der Waals surface area contributed by atoms with Crippen LogP contribution in [0.5, 0.6) is 0 Å². The first-order valence-corrected chi connectivity index (χ1v) is 3.93. The summed E-state index contributed by atoms with van der Waals surface area (Å²) in [7, 11) is 4.07. The van der Waals surface area contributed by atoms with Crippen molar-refractivity contribution in [3.8, 4) is 0 Å². The van der Waals surface area contributed by atoms with Gasteiger partial charge in [0.05, 0.1) is 0 Å². The molecule has 1 rings (SSSR count). The maximum absolute atomic E-state index is 3.35. The summed E-state index contributed by atoms with van der Waals surface area (Å²) in [5.74, 6) is 0. The zero-order chi connectivity index (χ0) is 7.40. The molecule has 3 heteroatoms. The molecule has 10 heavy (non-hydrogen) atoms. The van der Waals surface area contributed by atoms with Crippen LogP contribution in [-0.4, -0.2) is 38.2 Å². The molecule has 0 aromatic rings. The van der Waals surface area contributed by atoms with Gasteiger partial charge < -0.3 is 5.32 Å². The quantitative estimate of drug-likeness (QED) is 0.524. The molecule has 0 bridgehead atoms. The maximum Gasteiger partial charge on any atom is 0.0340 e. The molecule has 3 nitrogen and oxygen atoms in total. The van der Waals surface area contributed by atoms with E-state index in [9.17, 15) is 0 Å². The highest BCUT2D eigenvalue weighted by Gasteiger charge is 2.11. The minimum Gasteiger partial charge on any atom is -0.315 e. The molecule has 1 aliphatic rings. The van der Waals surface area contributed by atoms with Gasteiger partial charge in [0.1, 0.15) is 0 Å². The van der Waals surface area contributed by atoms with Crippen LogP contribution in [0, 0.1) is 0 Å². The second-order valence-corrected chi connectivity index (χ2v) is 3.07. The molecule has 0 aromatic heterocycles. The minimum atomic E-state index is 0.642. The number of hydrogen-bond acceptors (Lipinski definition) is 3. The van der Waals surface area contributed by atoms with Crippen molar-refractivity contribution in [1.82, 2.24) is 15.8 Å². The molecular weight excluding hydrogens is 126 g/mol. The number of nitrogens with one attached hydrogen (secondary N) is 2. The summed E-state index contributed by atoms with van der Waals surface area (Å²) in [6.07, 6.45) is 2.59. The van der Waals surface area contributed by atoms with Crippen molar-refractivity contribution in [2.24, 2.45) is 0 Å². The molecule has 0 radical (unpaired) electrons. The molecule has 1 atom stereocenters. The second kappa shape index (κ2) is 3.91. The Bertz CT molecular complexity index is 86.9. The summed E-state index contributed by atoms with van der Waals surface area (Å²) >= 11 is 0. The predicted molar refractivity (Wildman–Crippen MR) is 42.7 cm³/mol. The largest absolute Gasteiger partial charge is 0.315 e. The lowest BCUT2D eigenvalue weighted by Crippen LogP contribution is -2.48. The lowest BCUT2D eigenvalue weighted by Gasteiger charge is -2.26. The van der Waals surface area contributed by atoms with Crippen molar-refractivity contribution < 1.29 is 0 Å². The zero-order valence-electron chi connectivity index (χ0n) is 6.85. The normalized spacial score (nSPS) is 27.3. The van der Waals surface area contributed by atoms with E-state index in [2.05, 4.69) is 10.7 Å². The third-order valence-corrected chi connectivity index (χ3v) is 1.74. The van der Waals surface area contributed by atoms with Crippen molar-refractivity contribution in [1.29, 1.82) is 0 Å². The Morgan fingerprint density at radius 2 is 2.30 bits per heavy atom. The first kappa shape index (κ1) is 7.98. The Balaban J connectivity index is 2.13. The average molecular weight is 143 g/mol. The van der Waals surface area contributed by atoms with Gasteiger partial charge in [0.2, 0.25) is 0 Å². The molecule has 60 valence electrons. The summed E-state index contributed by atoms with van der Waals surface area (Å²) in [6.45, 7) is 2.30. The standard InChI is InChI=1S/C7H17N3/c1-10(2)9-7-4-3-5-8-6-7/h7-9H,3-6H2,1-2H3. The van der Waals surface area contributed by atoms with Crippen molar-refractivity contribution in [2.45, 2.75) is 18.9 Å². The summed E-state index contributed by atoms with van der Waals surface area (Å²) < 4.78 is 0. The van der Waals surface area contributed by atoms with E-state index in [-0.39, 0.29) is 0 Å². The van der Waals surface area contributed by atoms with Crippen LogP contribution < -0.4 is 10.7 Å². The van der Waals surface area contributed by atoms with Gasteiger partial charge in [-0.25, -0.2) is 0 Å². The fourth-order valence-corrected chi connectivity index (χ4v) is 1.33. The molecule has 1 aliphatic heterocycles. The molecule has 0 aliphatic carbocycles. The van der Waals surface area contributed by atoms with E-state index >= 15 is 0 Å². The molecule has 2 N–H and O–H groups in total. The van der Waals surface area contributed by atoms with Crippen LogP contribution in [0.25, 0.3) is 0 Å². The van der Waals surface area contributed by atoms with Gasteiger partial charge in [-0.05, 0) is 19.4 Å². The van der Waals surface area contributed by atoms with E-state index in [1.807, 2.05) is 19.1 Å². The molecule has 1 fully saturated rings. The van der Waals surface area contributed by atoms with Crippen molar-refractivity contribution in [3.63, 3.8) is 0 Å². The molecule has 1 unspecified atom stereocenters. The van der Waals surface area contributed by atoms with Gasteiger partial charge in [-0.2, -0.15) is 0 Å². The van der Waals surface area contributed by atoms with Gasteiger partial charge in [-0.1, -0.05) is 0 Å². The topological polar surface area (TPSA) is 27.3 Å². The summed E-state index contributed by atoms with van der Waals surface area (Å²) in [4.78, 5) is 0. The summed E-state index contributed by atoms with van der Waals surface area (Å²) in [6, 6.07) is 0.642. The third-order valence-electron chi connectivity index (χ3n) is 1.74. The highest BCUT2D eigenvalue weighted by Crippen LogP contribution is 2.00. The predicted octanol–water partition coefficient (Wildman–Crippen LogP) is -0.195. The second-order valence-electron chi connectivity index (χ2n) is 3.07. The molecule has 0 aromatic carbocycles. The van der Waals surface area contributed by atoms with Crippen molar-refractivity contribution in [3.05, 3.63) is 0 Å². The Labute approximate surface area is 62.8 Å². The lowest BCUT2D eigenvalue weighted by molar-refractivity contribution is 0.215. The van der Waals surface area contributed by atoms with Crippen LogP contribution >= 0.6 is 0 Å². The van der Waals surface area contributed by atoms with Crippen molar-refractivity contribution >= 4 is 0 Å². The fraction of sp³-hybridized carbons (Fsp3) is 1.00. The van der Waals surface area contributed by atoms with Gasteiger partial charge >= 0.3 is 0 Å². The van der Waals surface area contributed by atoms with Gasteiger partial charge in [0.25, 0.3) is 0 Å². The average Bonchev–Trinajstić information content (AvgIpc) is 1.88. The monoisotopic (exact) mass is 143 g/mol. The van der Waals surface area contributed by atoms with Crippen LogP contribution in [0.1, 0.15) is 12.8 Å². The molecular formula is C7H17N3. The first-order valence-electron chi connectivity index (χ1n) is 3.93. The number of hydrogen-bond donors (Lipinski definition) is 2. The highest BCUT2D eigenvalue weighted by molar-refractivity contribution is 4.72. The third kappa shape index (κ3) is 2.64. The van der Waals surface area contributed by atoms with Crippen LogP contribution in [0.15, 0.2) is 0 Å². The van der Waals surface area contributed by atoms with Crippen LogP contribution in [0.2, 0.25) is 0 Å². The molecule has 0 amide bonds. The van der Waals surface area contributed by atoms with Gasteiger partial charge in [-0.3, -0.25) is 10.4 Å². The van der Waals surface area contributed by atoms with E-state index in [1.165, 1.54) is 19.4 Å². The first-order chi connectivity index (χ1) is 4.79. The van der Waals surface area contributed by atoms with Crippen molar-refractivity contribution in [2.75, 3.05) is 27.2 Å². The molecule has 1 heterocycles. The van der Waals surface area contributed by atoms with E-state index in [0.717, 1.165) is 6.54 Å². The number of hydrazine groups is 1. The molecule has 0 saturated carbocycles. The lowest BCUT2D eigenvalue weighted by atomic mass is 10.1. The highest BCUT2D eigenvalue weighted by atomic mass is 15.5. The molecule has 1 saturated heterocycles. The number of rotatable bonds is 2. The van der Waals surface area contributed by atoms with E-state index in [0.29, 0.717) is 6.04 Å². The Morgan fingerprint density at radius 1 is 1.50 bits per heavy atom. The van der Waals surface area contributed by atoms with Gasteiger partial charge in [0, 0.05) is 26.7 Å². The zero-order valence-corrected chi connectivity index (χ0v) is 6.85. The van der Waals surface area contributed by atoms with Crippen LogP contribution in [-0.2, 0) is 0 Å². The van der Waals surface area contributed by atoms with E-state index in [4.69, 9.17) is 0 Å². The smallest absolute Gasteiger partial charge is 0.0340 e. The van der Waals surface area contributed by atoms with E-state index < -0.39 is 0 Å². The van der Waals surface area contributed by atoms with E-state index in [1.54, 1.807) is 0 Å². The SMILES string of the molecule is CN(C)NC1CCCNC1. The Kier molecular flexibility index (Phi) is 3.12. The summed E-state index contributed by atoms with van der Waals surface area (Å²) in [5.41, 5.74) is 3.35. The molecule has 0 spiro atoms. The minimum absolute atomic E-state index is 0.642.